The summed E-state index contributed by atoms with van der Waals surface area (Å²) >= 11 is 12.2. The minimum Gasteiger partial charge on any atom is -0.495 e. The first-order valence-corrected chi connectivity index (χ1v) is 9.29. The highest BCUT2D eigenvalue weighted by Crippen LogP contribution is 2.36. The highest BCUT2D eigenvalue weighted by molar-refractivity contribution is 6.32. The van der Waals surface area contributed by atoms with E-state index >= 15 is 0 Å². The maximum atomic E-state index is 12.9. The number of anilines is 1. The Morgan fingerprint density at radius 2 is 1.89 bits per heavy atom. The molecule has 0 radical (unpaired) electrons. The van der Waals surface area contributed by atoms with Gasteiger partial charge in [-0.1, -0.05) is 36.2 Å². The Kier molecular flexibility index (Phi) is 6.11. The number of ether oxygens (including phenoxy) is 2. The Bertz CT molecular complexity index is 1020. The van der Waals surface area contributed by atoms with Crippen LogP contribution >= 0.6 is 23.2 Å². The second-order valence-corrected chi connectivity index (χ2v) is 6.73. The van der Waals surface area contributed by atoms with E-state index in [1.807, 2.05) is 19.1 Å². The van der Waals surface area contributed by atoms with Gasteiger partial charge in [0.05, 0.1) is 48.1 Å². The molecular weight excluding hydrogens is 401 g/mol. The smallest absolute Gasteiger partial charge is 0.259 e. The van der Waals surface area contributed by atoms with Crippen LogP contribution in [0.15, 0.2) is 42.6 Å². The maximum absolute atomic E-state index is 12.9. The Morgan fingerprint density at radius 3 is 2.54 bits per heavy atom. The molecule has 3 rings (SSSR count). The van der Waals surface area contributed by atoms with Crippen molar-refractivity contribution in [3.05, 3.63) is 63.9 Å². The molecule has 2 aromatic carbocycles. The number of carbonyl (C=O) groups excluding carboxylic acids is 1. The highest BCUT2D eigenvalue weighted by Gasteiger charge is 2.20. The van der Waals surface area contributed by atoms with Crippen molar-refractivity contribution in [1.82, 2.24) is 9.78 Å². The van der Waals surface area contributed by atoms with Crippen molar-refractivity contribution in [3.63, 3.8) is 0 Å². The summed E-state index contributed by atoms with van der Waals surface area (Å²) in [4.78, 5) is 12.9. The molecule has 0 saturated heterocycles. The summed E-state index contributed by atoms with van der Waals surface area (Å²) in [5.41, 5.74) is 2.46. The van der Waals surface area contributed by atoms with E-state index in [9.17, 15) is 4.79 Å². The number of carbonyl (C=O) groups is 1. The SMILES string of the molecule is CCc1c(C(=O)Nc2cc(OC)c(Cl)cc2OC)cnn1-c1cccc(Cl)c1. The van der Waals surface area contributed by atoms with Crippen LogP contribution in [0.2, 0.25) is 10.0 Å². The van der Waals surface area contributed by atoms with Crippen molar-refractivity contribution in [3.8, 4) is 17.2 Å². The number of nitrogens with one attached hydrogen (secondary N) is 1. The van der Waals surface area contributed by atoms with E-state index in [0.717, 1.165) is 11.4 Å². The first kappa shape index (κ1) is 20.0. The zero-order chi connectivity index (χ0) is 20.3. The van der Waals surface area contributed by atoms with E-state index in [2.05, 4.69) is 10.4 Å². The molecule has 8 heteroatoms. The summed E-state index contributed by atoms with van der Waals surface area (Å²) in [6, 6.07) is 10.5. The van der Waals surface area contributed by atoms with Crippen LogP contribution in [0.4, 0.5) is 5.69 Å². The van der Waals surface area contributed by atoms with Gasteiger partial charge < -0.3 is 14.8 Å². The fraction of sp³-hybridized carbons (Fsp3) is 0.200. The molecule has 0 aliphatic heterocycles. The Labute approximate surface area is 173 Å². The number of hydrogen-bond acceptors (Lipinski definition) is 4. The molecule has 1 amide bonds. The molecule has 1 N–H and O–H groups in total. The molecule has 1 aromatic heterocycles. The summed E-state index contributed by atoms with van der Waals surface area (Å²) in [5.74, 6) is 0.551. The van der Waals surface area contributed by atoms with Gasteiger partial charge in [-0.15, -0.1) is 0 Å². The van der Waals surface area contributed by atoms with E-state index in [-0.39, 0.29) is 5.91 Å². The standard InChI is InChI=1S/C20H19Cl2N3O3/c1-4-17-14(11-23-25(17)13-7-5-6-12(21)8-13)20(26)24-16-10-18(27-2)15(22)9-19(16)28-3/h5-11H,4H2,1-3H3,(H,24,26). The molecule has 0 bridgehead atoms. The summed E-state index contributed by atoms with van der Waals surface area (Å²) < 4.78 is 12.2. The third kappa shape index (κ3) is 3.93. The average molecular weight is 420 g/mol. The van der Waals surface area contributed by atoms with Crippen molar-refractivity contribution < 1.29 is 14.3 Å². The molecular formula is C20H19Cl2N3O3. The summed E-state index contributed by atoms with van der Waals surface area (Å²) in [7, 11) is 3.01. The fourth-order valence-electron chi connectivity index (χ4n) is 2.88. The predicted molar refractivity (Wildman–Crippen MR) is 110 cm³/mol. The number of nitrogens with zero attached hydrogens (tertiary/aromatic N) is 2. The lowest BCUT2D eigenvalue weighted by Crippen LogP contribution is -2.15. The first-order chi connectivity index (χ1) is 13.5. The molecule has 6 nitrogen and oxygen atoms in total. The number of halogens is 2. The summed E-state index contributed by atoms with van der Waals surface area (Å²) in [6.45, 7) is 1.96. The van der Waals surface area contributed by atoms with Crippen LogP contribution < -0.4 is 14.8 Å². The third-order valence-corrected chi connectivity index (χ3v) is 4.75. The molecule has 146 valence electrons. The van der Waals surface area contributed by atoms with Crippen molar-refractivity contribution >= 4 is 34.8 Å². The van der Waals surface area contributed by atoms with Gasteiger partial charge in [-0.25, -0.2) is 4.68 Å². The second-order valence-electron chi connectivity index (χ2n) is 5.89. The van der Waals surface area contributed by atoms with Gasteiger partial charge in [0.25, 0.3) is 5.91 Å². The largest absolute Gasteiger partial charge is 0.495 e. The summed E-state index contributed by atoms with van der Waals surface area (Å²) in [6.07, 6.45) is 2.14. The van der Waals surface area contributed by atoms with Gasteiger partial charge in [0, 0.05) is 17.2 Å². The Hall–Kier alpha value is -2.70. The van der Waals surface area contributed by atoms with Crippen LogP contribution in [-0.2, 0) is 6.42 Å². The van der Waals surface area contributed by atoms with Gasteiger partial charge >= 0.3 is 0 Å². The zero-order valence-electron chi connectivity index (χ0n) is 15.6. The fourth-order valence-corrected chi connectivity index (χ4v) is 3.30. The molecule has 3 aromatic rings. The Morgan fingerprint density at radius 1 is 1.14 bits per heavy atom. The van der Waals surface area contributed by atoms with E-state index in [4.69, 9.17) is 32.7 Å². The second kappa shape index (κ2) is 8.54. The normalized spacial score (nSPS) is 10.6. The zero-order valence-corrected chi connectivity index (χ0v) is 17.1. The molecule has 28 heavy (non-hydrogen) atoms. The van der Waals surface area contributed by atoms with Crippen LogP contribution in [0.5, 0.6) is 11.5 Å². The number of methoxy groups -OCH3 is 2. The highest BCUT2D eigenvalue weighted by atomic mass is 35.5. The van der Waals surface area contributed by atoms with Crippen LogP contribution in [0, 0.1) is 0 Å². The van der Waals surface area contributed by atoms with Crippen LogP contribution in [0.3, 0.4) is 0 Å². The van der Waals surface area contributed by atoms with E-state index < -0.39 is 0 Å². The third-order valence-electron chi connectivity index (χ3n) is 4.22. The molecule has 0 unspecified atom stereocenters. The van der Waals surface area contributed by atoms with Gasteiger partial charge in [-0.2, -0.15) is 5.10 Å². The molecule has 0 aliphatic rings. The molecule has 0 spiro atoms. The lowest BCUT2D eigenvalue weighted by molar-refractivity contribution is 0.102. The van der Waals surface area contributed by atoms with Gasteiger partial charge in [0.15, 0.2) is 0 Å². The van der Waals surface area contributed by atoms with E-state index in [1.165, 1.54) is 20.4 Å². The topological polar surface area (TPSA) is 65.4 Å². The maximum Gasteiger partial charge on any atom is 0.259 e. The molecule has 0 fully saturated rings. The summed E-state index contributed by atoms with van der Waals surface area (Å²) in [5, 5.41) is 8.21. The lowest BCUT2D eigenvalue weighted by Gasteiger charge is -2.13. The van der Waals surface area contributed by atoms with Crippen molar-refractivity contribution in [2.45, 2.75) is 13.3 Å². The van der Waals surface area contributed by atoms with Crippen LogP contribution in [0.25, 0.3) is 5.69 Å². The number of aromatic nitrogens is 2. The quantitative estimate of drug-likeness (QED) is 0.609. The number of rotatable bonds is 6. The van der Waals surface area contributed by atoms with Gasteiger partial charge in [0.2, 0.25) is 0 Å². The van der Waals surface area contributed by atoms with Crippen molar-refractivity contribution in [2.75, 3.05) is 19.5 Å². The number of benzene rings is 2. The lowest BCUT2D eigenvalue weighted by atomic mass is 10.1. The average Bonchev–Trinajstić information content (AvgIpc) is 3.13. The number of amides is 1. The van der Waals surface area contributed by atoms with Gasteiger partial charge in [-0.3, -0.25) is 4.79 Å². The minimum atomic E-state index is -0.312. The molecule has 1 heterocycles. The van der Waals surface area contributed by atoms with Crippen LogP contribution in [0.1, 0.15) is 23.0 Å². The van der Waals surface area contributed by atoms with Crippen molar-refractivity contribution in [2.24, 2.45) is 0 Å². The van der Waals surface area contributed by atoms with Crippen molar-refractivity contribution in [1.29, 1.82) is 0 Å². The number of hydrogen-bond donors (Lipinski definition) is 1. The van der Waals surface area contributed by atoms with E-state index in [1.54, 1.807) is 28.9 Å². The predicted octanol–water partition coefficient (Wildman–Crippen LogP) is 5.01. The Balaban J connectivity index is 1.96. The minimum absolute atomic E-state index is 0.312. The molecule has 0 saturated carbocycles. The van der Waals surface area contributed by atoms with Gasteiger partial charge in [-0.05, 0) is 24.6 Å². The first-order valence-electron chi connectivity index (χ1n) is 8.54. The molecule has 0 aliphatic carbocycles. The monoisotopic (exact) mass is 419 g/mol. The molecule has 0 atom stereocenters. The van der Waals surface area contributed by atoms with E-state index in [0.29, 0.717) is 39.2 Å². The van der Waals surface area contributed by atoms with Crippen LogP contribution in [-0.4, -0.2) is 29.9 Å². The van der Waals surface area contributed by atoms with Gasteiger partial charge in [0.1, 0.15) is 11.5 Å².